The van der Waals surface area contributed by atoms with Crippen LogP contribution < -0.4 is 10.1 Å². The standard InChI is InChI=1S/C22H21ClN4O2/c23-15-1-3-18-17(13-15)22(21(28)26-18)5-9-27(10-6-22)11-12-29-16-2-4-19-20(14-16)25-8-7-24-19/h1-4,7-8,13-14H,5-6,9-12H2,(H,26,28). The van der Waals surface area contributed by atoms with E-state index in [9.17, 15) is 4.79 Å². The summed E-state index contributed by atoms with van der Waals surface area (Å²) >= 11 is 6.19. The molecule has 0 saturated carbocycles. The first-order valence-electron chi connectivity index (χ1n) is 9.81. The molecule has 2 aromatic carbocycles. The summed E-state index contributed by atoms with van der Waals surface area (Å²) in [5.41, 5.74) is 3.18. The number of nitrogens with one attached hydrogen (secondary N) is 1. The number of rotatable bonds is 4. The van der Waals surface area contributed by atoms with Gasteiger partial charge in [0.2, 0.25) is 5.91 Å². The Morgan fingerprint density at radius 1 is 1.07 bits per heavy atom. The Morgan fingerprint density at radius 3 is 2.69 bits per heavy atom. The van der Waals surface area contributed by atoms with Crippen LogP contribution in [0.2, 0.25) is 5.02 Å². The smallest absolute Gasteiger partial charge is 0.235 e. The van der Waals surface area contributed by atoms with Crippen molar-refractivity contribution in [3.05, 3.63) is 59.4 Å². The van der Waals surface area contributed by atoms with Gasteiger partial charge in [-0.2, -0.15) is 0 Å². The third-order valence-corrected chi connectivity index (χ3v) is 6.24. The van der Waals surface area contributed by atoms with Crippen molar-refractivity contribution in [1.82, 2.24) is 14.9 Å². The monoisotopic (exact) mass is 408 g/mol. The van der Waals surface area contributed by atoms with Crippen molar-refractivity contribution < 1.29 is 9.53 Å². The molecule has 1 aromatic heterocycles. The molecule has 0 bridgehead atoms. The predicted molar refractivity (Wildman–Crippen MR) is 112 cm³/mol. The van der Waals surface area contributed by atoms with E-state index in [1.807, 2.05) is 36.4 Å². The van der Waals surface area contributed by atoms with Gasteiger partial charge in [0.25, 0.3) is 0 Å². The van der Waals surface area contributed by atoms with Crippen LogP contribution in [0.4, 0.5) is 5.69 Å². The van der Waals surface area contributed by atoms with Crippen molar-refractivity contribution in [3.8, 4) is 5.75 Å². The maximum Gasteiger partial charge on any atom is 0.235 e. The van der Waals surface area contributed by atoms with Gasteiger partial charge in [-0.15, -0.1) is 0 Å². The number of hydrogen-bond donors (Lipinski definition) is 1. The maximum absolute atomic E-state index is 12.7. The molecule has 1 N–H and O–H groups in total. The third kappa shape index (κ3) is 3.32. The van der Waals surface area contributed by atoms with Gasteiger partial charge >= 0.3 is 0 Å². The Balaban J connectivity index is 1.19. The molecule has 5 rings (SSSR count). The molecular weight excluding hydrogens is 388 g/mol. The molecule has 1 spiro atoms. The zero-order valence-corrected chi connectivity index (χ0v) is 16.7. The Hall–Kier alpha value is -2.70. The molecule has 2 aliphatic rings. The number of carbonyl (C=O) groups is 1. The van der Waals surface area contributed by atoms with E-state index in [2.05, 4.69) is 20.2 Å². The van der Waals surface area contributed by atoms with Gasteiger partial charge in [-0.05, 0) is 61.8 Å². The number of hydrogen-bond acceptors (Lipinski definition) is 5. The fourth-order valence-corrected chi connectivity index (χ4v) is 4.54. The molecular formula is C22H21ClN4O2. The fourth-order valence-electron chi connectivity index (χ4n) is 4.37. The number of nitrogens with zero attached hydrogens (tertiary/aromatic N) is 3. The number of anilines is 1. The van der Waals surface area contributed by atoms with E-state index in [4.69, 9.17) is 16.3 Å². The zero-order chi connectivity index (χ0) is 19.8. The minimum atomic E-state index is -0.450. The molecule has 3 heterocycles. The van der Waals surface area contributed by atoms with Crippen LogP contribution in [0, 0.1) is 0 Å². The highest BCUT2D eigenvalue weighted by Crippen LogP contribution is 2.45. The summed E-state index contributed by atoms with van der Waals surface area (Å²) in [7, 11) is 0. The first-order chi connectivity index (χ1) is 14.1. The van der Waals surface area contributed by atoms with Crippen molar-refractivity contribution in [2.24, 2.45) is 0 Å². The quantitative estimate of drug-likeness (QED) is 0.713. The highest BCUT2D eigenvalue weighted by atomic mass is 35.5. The molecule has 0 aliphatic carbocycles. The zero-order valence-electron chi connectivity index (χ0n) is 15.9. The highest BCUT2D eigenvalue weighted by molar-refractivity contribution is 6.31. The molecule has 1 fully saturated rings. The van der Waals surface area contributed by atoms with E-state index in [0.717, 1.165) is 60.5 Å². The highest BCUT2D eigenvalue weighted by Gasteiger charge is 2.48. The van der Waals surface area contributed by atoms with E-state index in [1.165, 1.54) is 0 Å². The van der Waals surface area contributed by atoms with Crippen molar-refractivity contribution in [2.75, 3.05) is 31.6 Å². The minimum Gasteiger partial charge on any atom is -0.492 e. The average molecular weight is 409 g/mol. The number of likely N-dealkylation sites (tertiary alicyclic amines) is 1. The number of halogens is 1. The second-order valence-electron chi connectivity index (χ2n) is 7.62. The Morgan fingerprint density at radius 2 is 1.86 bits per heavy atom. The Labute approximate surface area is 173 Å². The molecule has 2 aliphatic heterocycles. The lowest BCUT2D eigenvalue weighted by Gasteiger charge is -2.37. The van der Waals surface area contributed by atoms with Crippen molar-refractivity contribution in [1.29, 1.82) is 0 Å². The van der Waals surface area contributed by atoms with Gasteiger partial charge in [0.1, 0.15) is 12.4 Å². The summed E-state index contributed by atoms with van der Waals surface area (Å²) in [5.74, 6) is 0.896. The van der Waals surface area contributed by atoms with Crippen molar-refractivity contribution >= 4 is 34.2 Å². The molecule has 3 aromatic rings. The summed E-state index contributed by atoms with van der Waals surface area (Å²) in [6, 6.07) is 11.4. The summed E-state index contributed by atoms with van der Waals surface area (Å²) in [4.78, 5) is 23.7. The molecule has 0 atom stereocenters. The van der Waals surface area contributed by atoms with Crippen LogP contribution >= 0.6 is 11.6 Å². The summed E-state index contributed by atoms with van der Waals surface area (Å²) in [5, 5.41) is 3.70. The van der Waals surface area contributed by atoms with Crippen LogP contribution in [-0.4, -0.2) is 47.0 Å². The first-order valence-corrected chi connectivity index (χ1v) is 10.2. The SMILES string of the molecule is O=C1Nc2ccc(Cl)cc2C12CCN(CCOc1ccc3nccnc3c1)CC2. The second kappa shape index (κ2) is 7.28. The van der Waals surface area contributed by atoms with Gasteiger partial charge in [0.05, 0.1) is 16.4 Å². The van der Waals surface area contributed by atoms with E-state index < -0.39 is 5.41 Å². The molecule has 148 valence electrons. The van der Waals surface area contributed by atoms with Gasteiger partial charge in [0.15, 0.2) is 0 Å². The van der Waals surface area contributed by atoms with Crippen molar-refractivity contribution in [3.63, 3.8) is 0 Å². The molecule has 1 amide bonds. The average Bonchev–Trinajstić information content (AvgIpc) is 3.00. The van der Waals surface area contributed by atoms with Gasteiger partial charge in [-0.25, -0.2) is 0 Å². The van der Waals surface area contributed by atoms with E-state index in [1.54, 1.807) is 12.4 Å². The number of ether oxygens (including phenoxy) is 1. The largest absolute Gasteiger partial charge is 0.492 e. The van der Waals surface area contributed by atoms with E-state index in [-0.39, 0.29) is 5.91 Å². The lowest BCUT2D eigenvalue weighted by Crippen LogP contribution is -2.47. The number of benzene rings is 2. The van der Waals surface area contributed by atoms with Crippen LogP contribution in [-0.2, 0) is 10.2 Å². The summed E-state index contributed by atoms with van der Waals surface area (Å²) in [6.45, 7) is 3.11. The number of aromatic nitrogens is 2. The molecule has 1 saturated heterocycles. The molecule has 29 heavy (non-hydrogen) atoms. The van der Waals surface area contributed by atoms with E-state index in [0.29, 0.717) is 11.6 Å². The summed E-state index contributed by atoms with van der Waals surface area (Å²) in [6.07, 6.45) is 4.94. The molecule has 7 heteroatoms. The molecule has 0 radical (unpaired) electrons. The van der Waals surface area contributed by atoms with Gasteiger partial charge in [0, 0.05) is 35.7 Å². The van der Waals surface area contributed by atoms with Crippen LogP contribution in [0.1, 0.15) is 18.4 Å². The molecule has 6 nitrogen and oxygen atoms in total. The van der Waals surface area contributed by atoms with Gasteiger partial charge < -0.3 is 10.1 Å². The number of fused-ring (bicyclic) bond motifs is 3. The topological polar surface area (TPSA) is 67.4 Å². The lowest BCUT2D eigenvalue weighted by atomic mass is 9.73. The number of piperidine rings is 1. The maximum atomic E-state index is 12.7. The molecule has 0 unspecified atom stereocenters. The lowest BCUT2D eigenvalue weighted by molar-refractivity contribution is -0.122. The predicted octanol–water partition coefficient (Wildman–Crippen LogP) is 3.65. The first kappa shape index (κ1) is 18.3. The third-order valence-electron chi connectivity index (χ3n) is 6.01. The van der Waals surface area contributed by atoms with Crippen molar-refractivity contribution in [2.45, 2.75) is 18.3 Å². The number of carbonyl (C=O) groups excluding carboxylic acids is 1. The van der Waals surface area contributed by atoms with Crippen LogP contribution in [0.5, 0.6) is 5.75 Å². The Kier molecular flexibility index (Phi) is 4.60. The fraction of sp³-hybridized carbons (Fsp3) is 0.318. The Bertz CT molecular complexity index is 1080. The van der Waals surface area contributed by atoms with Gasteiger partial charge in [-0.1, -0.05) is 11.6 Å². The normalized spacial score (nSPS) is 18.0. The summed E-state index contributed by atoms with van der Waals surface area (Å²) < 4.78 is 5.92. The van der Waals surface area contributed by atoms with E-state index >= 15 is 0 Å². The van der Waals surface area contributed by atoms with Crippen LogP contribution in [0.15, 0.2) is 48.8 Å². The second-order valence-corrected chi connectivity index (χ2v) is 8.06. The minimum absolute atomic E-state index is 0.0999. The number of amides is 1. The van der Waals surface area contributed by atoms with Crippen LogP contribution in [0.25, 0.3) is 11.0 Å². The van der Waals surface area contributed by atoms with Crippen LogP contribution in [0.3, 0.4) is 0 Å². The van der Waals surface area contributed by atoms with Gasteiger partial charge in [-0.3, -0.25) is 19.7 Å².